The first-order valence-electron chi connectivity index (χ1n) is 5.28. The first kappa shape index (κ1) is 11.5. The second-order valence-corrected chi connectivity index (χ2v) is 6.05. The molecule has 1 aromatic carbocycles. The smallest absolute Gasteiger partial charge is 0.201 e. The van der Waals surface area contributed by atoms with Crippen LogP contribution in [0.4, 0.5) is 0 Å². The van der Waals surface area contributed by atoms with Crippen molar-refractivity contribution in [3.05, 3.63) is 61.8 Å². The van der Waals surface area contributed by atoms with E-state index in [4.69, 9.17) is 11.5 Å². The van der Waals surface area contributed by atoms with Gasteiger partial charge in [0.25, 0.3) is 0 Å². The number of carbonyl (C=O) groups is 1. The largest absolute Gasteiger partial charge is 0.391 e. The maximum Gasteiger partial charge on any atom is 0.201 e. The van der Waals surface area contributed by atoms with Crippen molar-refractivity contribution in [2.75, 3.05) is 0 Å². The number of hydrogen-bond donors (Lipinski definition) is 2. The van der Waals surface area contributed by atoms with E-state index in [0.29, 0.717) is 20.5 Å². The fraction of sp³-hybridized carbons (Fsp3) is 0. The third kappa shape index (κ3) is 1.51. The van der Waals surface area contributed by atoms with Crippen LogP contribution in [-0.4, -0.2) is 5.78 Å². The molecule has 90 valence electrons. The number of ketones is 1. The van der Waals surface area contributed by atoms with E-state index >= 15 is 0 Å². The van der Waals surface area contributed by atoms with Crippen LogP contribution in [0.15, 0.2) is 50.7 Å². The Bertz CT molecular complexity index is 604. The first-order chi connectivity index (χ1) is 8.59. The zero-order valence-corrected chi connectivity index (χ0v) is 11.0. The van der Waals surface area contributed by atoms with Crippen molar-refractivity contribution in [2.45, 2.75) is 0 Å². The van der Waals surface area contributed by atoms with Crippen LogP contribution in [0.1, 0.15) is 15.9 Å². The molecule has 1 heterocycles. The molecule has 0 radical (unpaired) electrons. The van der Waals surface area contributed by atoms with E-state index in [0.717, 1.165) is 16.0 Å². The molecule has 0 fully saturated rings. The molecule has 0 amide bonds. The molecule has 1 aliphatic heterocycles. The van der Waals surface area contributed by atoms with Crippen LogP contribution in [0.25, 0.3) is 5.57 Å². The van der Waals surface area contributed by atoms with E-state index in [-0.39, 0.29) is 5.78 Å². The number of thioether (sulfide) groups is 2. The molecular formula is C13H10N2OS2. The van der Waals surface area contributed by atoms with Crippen LogP contribution >= 0.6 is 23.5 Å². The Labute approximate surface area is 113 Å². The normalized spacial score (nSPS) is 18.9. The van der Waals surface area contributed by atoms with E-state index in [1.165, 1.54) is 23.5 Å². The Morgan fingerprint density at radius 3 is 2.17 bits per heavy atom. The average molecular weight is 274 g/mol. The maximum absolute atomic E-state index is 12.4. The SMILES string of the molecule is C=C1C2=C(SC(N)=C(N)S2)C(=O)c2ccccc21. The summed E-state index contributed by atoms with van der Waals surface area (Å²) in [5.74, 6) is 0.000880. The molecule has 3 rings (SSSR count). The minimum atomic E-state index is 0.000880. The van der Waals surface area contributed by atoms with Gasteiger partial charge in [0.05, 0.1) is 4.91 Å². The highest BCUT2D eigenvalue weighted by Crippen LogP contribution is 2.50. The second-order valence-electron chi connectivity index (χ2n) is 3.94. The number of fused-ring (bicyclic) bond motifs is 1. The zero-order chi connectivity index (χ0) is 12.9. The maximum atomic E-state index is 12.4. The van der Waals surface area contributed by atoms with Crippen molar-refractivity contribution < 1.29 is 4.79 Å². The first-order valence-corrected chi connectivity index (χ1v) is 6.91. The molecule has 0 spiro atoms. The Kier molecular flexibility index (Phi) is 2.53. The second kappa shape index (κ2) is 3.96. The average Bonchev–Trinajstić information content (AvgIpc) is 2.38. The van der Waals surface area contributed by atoms with Crippen molar-refractivity contribution in [3.8, 4) is 0 Å². The van der Waals surface area contributed by atoms with Crippen molar-refractivity contribution in [2.24, 2.45) is 11.5 Å². The highest BCUT2D eigenvalue weighted by molar-refractivity contribution is 8.14. The lowest BCUT2D eigenvalue weighted by Gasteiger charge is -2.26. The van der Waals surface area contributed by atoms with E-state index in [1.807, 2.05) is 24.3 Å². The Balaban J connectivity index is 2.17. The van der Waals surface area contributed by atoms with Gasteiger partial charge in [0, 0.05) is 10.5 Å². The fourth-order valence-corrected chi connectivity index (χ4v) is 3.93. The predicted octanol–water partition coefficient (Wildman–Crippen LogP) is 2.63. The lowest BCUT2D eigenvalue weighted by Crippen LogP contribution is -2.18. The van der Waals surface area contributed by atoms with Gasteiger partial charge in [-0.05, 0) is 11.1 Å². The highest BCUT2D eigenvalue weighted by Gasteiger charge is 2.32. The van der Waals surface area contributed by atoms with E-state index in [1.54, 1.807) is 0 Å². The molecule has 2 aliphatic rings. The third-order valence-corrected chi connectivity index (χ3v) is 5.24. The zero-order valence-electron chi connectivity index (χ0n) is 9.40. The van der Waals surface area contributed by atoms with Gasteiger partial charge in [0.2, 0.25) is 5.78 Å². The summed E-state index contributed by atoms with van der Waals surface area (Å²) in [6.45, 7) is 4.07. The fourth-order valence-electron chi connectivity index (χ4n) is 1.95. The summed E-state index contributed by atoms with van der Waals surface area (Å²) in [7, 11) is 0. The molecule has 0 saturated heterocycles. The highest BCUT2D eigenvalue weighted by atomic mass is 32.2. The number of Topliss-reactive ketones (excluding diaryl/α,β-unsaturated/α-hetero) is 1. The molecule has 0 unspecified atom stereocenters. The van der Waals surface area contributed by atoms with Crippen LogP contribution in [0.5, 0.6) is 0 Å². The molecule has 0 saturated carbocycles. The minimum Gasteiger partial charge on any atom is -0.391 e. The van der Waals surface area contributed by atoms with Gasteiger partial charge in [0.15, 0.2) is 0 Å². The summed E-state index contributed by atoms with van der Waals surface area (Å²) < 4.78 is 0. The van der Waals surface area contributed by atoms with Gasteiger partial charge in [-0.15, -0.1) is 0 Å². The Hall–Kier alpha value is -1.59. The monoisotopic (exact) mass is 274 g/mol. The number of rotatable bonds is 0. The third-order valence-electron chi connectivity index (χ3n) is 2.85. The van der Waals surface area contributed by atoms with Gasteiger partial charge >= 0.3 is 0 Å². The summed E-state index contributed by atoms with van der Waals surface area (Å²) in [6.07, 6.45) is 0. The van der Waals surface area contributed by atoms with E-state index in [2.05, 4.69) is 6.58 Å². The van der Waals surface area contributed by atoms with Crippen molar-refractivity contribution in [1.82, 2.24) is 0 Å². The van der Waals surface area contributed by atoms with E-state index in [9.17, 15) is 4.79 Å². The number of benzene rings is 1. The quantitative estimate of drug-likeness (QED) is 0.761. The van der Waals surface area contributed by atoms with Gasteiger partial charge in [-0.25, -0.2) is 0 Å². The van der Waals surface area contributed by atoms with Crippen LogP contribution in [-0.2, 0) is 0 Å². The summed E-state index contributed by atoms with van der Waals surface area (Å²) in [6, 6.07) is 7.47. The molecule has 3 nitrogen and oxygen atoms in total. The Morgan fingerprint density at radius 2 is 1.50 bits per heavy atom. The van der Waals surface area contributed by atoms with Gasteiger partial charge < -0.3 is 11.5 Å². The minimum absolute atomic E-state index is 0.000880. The molecule has 4 N–H and O–H groups in total. The Morgan fingerprint density at radius 1 is 0.944 bits per heavy atom. The van der Waals surface area contributed by atoms with Crippen LogP contribution < -0.4 is 11.5 Å². The standard InChI is InChI=1S/C13H10N2OS2/c1-6-7-4-2-3-5-8(7)9(16)11-10(6)17-12(14)13(15)18-11/h2-5H,1,14-15H2. The molecule has 0 atom stereocenters. The van der Waals surface area contributed by atoms with Crippen molar-refractivity contribution >= 4 is 34.9 Å². The van der Waals surface area contributed by atoms with Crippen molar-refractivity contribution in [3.63, 3.8) is 0 Å². The van der Waals surface area contributed by atoms with Gasteiger partial charge in [-0.3, -0.25) is 4.79 Å². The van der Waals surface area contributed by atoms with Gasteiger partial charge in [-0.1, -0.05) is 54.4 Å². The summed E-state index contributed by atoms with van der Waals surface area (Å²) in [5.41, 5.74) is 14.0. The number of nitrogens with two attached hydrogens (primary N) is 2. The van der Waals surface area contributed by atoms with Crippen LogP contribution in [0.3, 0.4) is 0 Å². The molecule has 0 bridgehead atoms. The number of hydrogen-bond acceptors (Lipinski definition) is 5. The van der Waals surface area contributed by atoms with Gasteiger partial charge in [0.1, 0.15) is 10.1 Å². The molecule has 1 aromatic rings. The topological polar surface area (TPSA) is 69.1 Å². The molecular weight excluding hydrogens is 264 g/mol. The molecule has 5 heteroatoms. The van der Waals surface area contributed by atoms with Gasteiger partial charge in [-0.2, -0.15) is 0 Å². The number of allylic oxidation sites excluding steroid dienone is 2. The predicted molar refractivity (Wildman–Crippen MR) is 77.4 cm³/mol. The summed E-state index contributed by atoms with van der Waals surface area (Å²) >= 11 is 2.56. The number of carbonyl (C=O) groups excluding carboxylic acids is 1. The van der Waals surface area contributed by atoms with Crippen LogP contribution in [0.2, 0.25) is 0 Å². The molecule has 18 heavy (non-hydrogen) atoms. The van der Waals surface area contributed by atoms with E-state index < -0.39 is 0 Å². The summed E-state index contributed by atoms with van der Waals surface area (Å²) in [4.78, 5) is 13.9. The summed E-state index contributed by atoms with van der Waals surface area (Å²) in [5, 5.41) is 1.02. The molecule has 1 aliphatic carbocycles. The lowest BCUT2D eigenvalue weighted by atomic mass is 9.92. The van der Waals surface area contributed by atoms with Crippen molar-refractivity contribution in [1.29, 1.82) is 0 Å². The van der Waals surface area contributed by atoms with Crippen LogP contribution in [0, 0.1) is 0 Å². The molecule has 0 aromatic heterocycles. The lowest BCUT2D eigenvalue weighted by molar-refractivity contribution is 0.104.